The molecule has 20 nitrogen and oxygen atoms in total. The van der Waals surface area contributed by atoms with Gasteiger partial charge in [-0.15, -0.1) is 0 Å². The van der Waals surface area contributed by atoms with E-state index in [2.05, 4.69) is 39.2 Å². The number of amides is 8. The fraction of sp³-hybridized carbons (Fsp3) is 0.459. The molecule has 316 valence electrons. The van der Waals surface area contributed by atoms with Crippen molar-refractivity contribution in [3.63, 3.8) is 0 Å². The van der Waals surface area contributed by atoms with Crippen LogP contribution in [0.1, 0.15) is 37.3 Å². The molecule has 0 unspecified atom stereocenters. The number of carbonyl (C=O) groups is 8. The van der Waals surface area contributed by atoms with Crippen molar-refractivity contribution in [1.29, 1.82) is 0 Å². The first kappa shape index (κ1) is 46.6. The zero-order valence-electron chi connectivity index (χ0n) is 31.7. The van der Waals surface area contributed by atoms with Crippen molar-refractivity contribution in [3.8, 4) is 5.75 Å². The Bertz CT molecular complexity index is 1780. The Morgan fingerprint density at radius 3 is 1.93 bits per heavy atom. The summed E-state index contributed by atoms with van der Waals surface area (Å²) >= 11 is 4.14. The molecule has 2 aromatic rings. The predicted molar refractivity (Wildman–Crippen MR) is 210 cm³/mol. The van der Waals surface area contributed by atoms with Gasteiger partial charge < -0.3 is 64.0 Å². The zero-order chi connectivity index (χ0) is 43.1. The molecule has 1 fully saturated rings. The van der Waals surface area contributed by atoms with Gasteiger partial charge in [-0.25, -0.2) is 0 Å². The summed E-state index contributed by atoms with van der Waals surface area (Å²) in [6.45, 7) is 0.425. The molecule has 1 aliphatic rings. The van der Waals surface area contributed by atoms with Gasteiger partial charge in [0.15, 0.2) is 0 Å². The van der Waals surface area contributed by atoms with Gasteiger partial charge in [0.25, 0.3) is 0 Å². The number of phenolic OH excluding ortho intramolecular Hbond substituents is 1. The third-order valence-corrected chi connectivity index (χ3v) is 9.59. The van der Waals surface area contributed by atoms with Gasteiger partial charge in [-0.2, -0.15) is 12.6 Å². The number of nitrogens with zero attached hydrogens (tertiary/aromatic N) is 1. The first-order valence-corrected chi connectivity index (χ1v) is 19.0. The number of nitrogens with two attached hydrogens (primary N) is 3. The second kappa shape index (κ2) is 22.2. The standard InChI is InChI=1S/C37H51N9O11S/c1-19(48)30(36(56)42-25(16-29(39)50)33(53)41-24(31(40)51)15-20-6-3-2-4-7-20)45-34(54)27(18-58)44-35(55)28-8-5-13-46(28)37(57)26(17-47)43-32(52)23(38)14-21-9-11-22(49)12-10-21/h2-4,6-7,9-12,19,23-28,30,47-49,58H,5,8,13-18,38H2,1H3,(H2,39,50)(H2,40,51)(H,41,53)(H,42,56)(H,43,52)(H,44,55)(H,45,54)/t19-,23+,24+,25+,26+,27+,28+,30+/m1/s1. The summed E-state index contributed by atoms with van der Waals surface area (Å²) < 4.78 is 0. The van der Waals surface area contributed by atoms with Crippen LogP contribution in [0.2, 0.25) is 0 Å². The Kier molecular flexibility index (Phi) is 17.9. The van der Waals surface area contributed by atoms with Crippen molar-refractivity contribution in [2.45, 2.75) is 87.4 Å². The Morgan fingerprint density at radius 2 is 1.36 bits per heavy atom. The van der Waals surface area contributed by atoms with Gasteiger partial charge in [-0.05, 0) is 49.4 Å². The highest BCUT2D eigenvalue weighted by atomic mass is 32.1. The van der Waals surface area contributed by atoms with E-state index in [0.717, 1.165) is 11.8 Å². The highest BCUT2D eigenvalue weighted by Gasteiger charge is 2.40. The number of primary amides is 2. The minimum absolute atomic E-state index is 0.00851. The molecular formula is C37H51N9O11S. The number of thiol groups is 1. The number of carbonyl (C=O) groups excluding carboxylic acids is 8. The third kappa shape index (κ3) is 13.7. The minimum atomic E-state index is -1.75. The number of nitrogens with one attached hydrogen (secondary N) is 5. The van der Waals surface area contributed by atoms with Crippen molar-refractivity contribution in [2.24, 2.45) is 17.2 Å². The quantitative estimate of drug-likeness (QED) is 0.0531. The maximum Gasteiger partial charge on any atom is 0.248 e. The number of phenols is 1. The maximum atomic E-state index is 13.5. The van der Waals surface area contributed by atoms with E-state index in [4.69, 9.17) is 17.2 Å². The molecule has 1 saturated heterocycles. The summed E-state index contributed by atoms with van der Waals surface area (Å²) in [5.41, 5.74) is 18.1. The summed E-state index contributed by atoms with van der Waals surface area (Å²) in [7, 11) is 0. The molecule has 0 bridgehead atoms. The van der Waals surface area contributed by atoms with Crippen LogP contribution in [0.15, 0.2) is 54.6 Å². The van der Waals surface area contributed by atoms with Crippen molar-refractivity contribution in [3.05, 3.63) is 65.7 Å². The first-order valence-electron chi connectivity index (χ1n) is 18.3. The molecular weight excluding hydrogens is 779 g/mol. The van der Waals surface area contributed by atoms with E-state index in [-0.39, 0.29) is 37.3 Å². The molecule has 0 spiro atoms. The number of aliphatic hydroxyl groups excluding tert-OH is 2. The maximum absolute atomic E-state index is 13.5. The normalized spacial score (nSPS) is 17.3. The predicted octanol–water partition coefficient (Wildman–Crippen LogP) is -4.42. The number of likely N-dealkylation sites (tertiary alicyclic amines) is 1. The molecule has 8 amide bonds. The van der Waals surface area contributed by atoms with E-state index >= 15 is 0 Å². The van der Waals surface area contributed by atoms with E-state index in [1.165, 1.54) is 12.1 Å². The van der Waals surface area contributed by atoms with Crippen LogP contribution in [0.5, 0.6) is 5.75 Å². The van der Waals surface area contributed by atoms with Crippen molar-refractivity contribution in [2.75, 3.05) is 18.9 Å². The number of rotatable bonds is 21. The molecule has 3 rings (SSSR count). The Labute approximate surface area is 339 Å². The van der Waals surface area contributed by atoms with Crippen LogP contribution in [0.4, 0.5) is 0 Å². The van der Waals surface area contributed by atoms with Crippen LogP contribution >= 0.6 is 12.6 Å². The second-order valence-electron chi connectivity index (χ2n) is 13.8. The lowest BCUT2D eigenvalue weighted by Crippen LogP contribution is -2.62. The van der Waals surface area contributed by atoms with E-state index in [0.29, 0.717) is 17.5 Å². The summed E-state index contributed by atoms with van der Waals surface area (Å²) in [5, 5.41) is 41.7. The van der Waals surface area contributed by atoms with Crippen LogP contribution in [0.3, 0.4) is 0 Å². The fourth-order valence-electron chi connectivity index (χ4n) is 6.08. The van der Waals surface area contributed by atoms with Crippen LogP contribution in [0.25, 0.3) is 0 Å². The van der Waals surface area contributed by atoms with Crippen molar-refractivity contribution in [1.82, 2.24) is 31.5 Å². The molecule has 0 radical (unpaired) electrons. The van der Waals surface area contributed by atoms with E-state index in [9.17, 15) is 53.7 Å². The molecule has 2 aromatic carbocycles. The van der Waals surface area contributed by atoms with Gasteiger partial charge in [-0.1, -0.05) is 42.5 Å². The van der Waals surface area contributed by atoms with Gasteiger partial charge in [0, 0.05) is 18.7 Å². The summed E-state index contributed by atoms with van der Waals surface area (Å²) in [5.74, 6) is -7.62. The first-order chi connectivity index (χ1) is 27.4. The largest absolute Gasteiger partial charge is 0.508 e. The number of aliphatic hydroxyl groups is 2. The highest BCUT2D eigenvalue weighted by molar-refractivity contribution is 7.80. The SMILES string of the molecule is C[C@@H](O)[C@H](NC(=O)[C@H](CS)NC(=O)[C@@H]1CCCN1C(=O)[C@H](CO)NC(=O)[C@@H](N)Cc1ccc(O)cc1)C(=O)N[C@@H](CC(N)=O)C(=O)N[C@@H](Cc1ccccc1)C(N)=O. The molecule has 58 heavy (non-hydrogen) atoms. The lowest BCUT2D eigenvalue weighted by Gasteiger charge is -2.30. The average Bonchev–Trinajstić information content (AvgIpc) is 3.68. The second-order valence-corrected chi connectivity index (χ2v) is 14.1. The lowest BCUT2D eigenvalue weighted by atomic mass is 10.0. The molecule has 8 atom stereocenters. The molecule has 21 heteroatoms. The number of benzene rings is 2. The van der Waals surface area contributed by atoms with Crippen molar-refractivity contribution < 1.29 is 53.7 Å². The smallest absolute Gasteiger partial charge is 0.248 e. The fourth-order valence-corrected chi connectivity index (χ4v) is 6.34. The Morgan fingerprint density at radius 1 is 0.776 bits per heavy atom. The highest BCUT2D eigenvalue weighted by Crippen LogP contribution is 2.19. The molecule has 0 saturated carbocycles. The Hall–Kier alpha value is -5.77. The van der Waals surface area contributed by atoms with Crippen LogP contribution < -0.4 is 43.8 Å². The van der Waals surface area contributed by atoms with Crippen LogP contribution in [-0.2, 0) is 51.2 Å². The average molecular weight is 830 g/mol. The molecule has 14 N–H and O–H groups in total. The van der Waals surface area contributed by atoms with Gasteiger partial charge in [-0.3, -0.25) is 38.4 Å². The van der Waals surface area contributed by atoms with E-state index in [1.54, 1.807) is 42.5 Å². The Balaban J connectivity index is 1.65. The number of hydrogen-bond acceptors (Lipinski definition) is 13. The van der Waals surface area contributed by atoms with Gasteiger partial charge >= 0.3 is 0 Å². The van der Waals surface area contributed by atoms with E-state index in [1.807, 2.05) is 0 Å². The van der Waals surface area contributed by atoms with Gasteiger partial charge in [0.2, 0.25) is 47.3 Å². The third-order valence-electron chi connectivity index (χ3n) is 9.22. The minimum Gasteiger partial charge on any atom is -0.508 e. The van der Waals surface area contributed by atoms with Crippen LogP contribution in [-0.4, -0.2) is 135 Å². The van der Waals surface area contributed by atoms with Crippen LogP contribution in [0, 0.1) is 0 Å². The zero-order valence-corrected chi connectivity index (χ0v) is 32.6. The molecule has 1 aliphatic heterocycles. The lowest BCUT2D eigenvalue weighted by molar-refractivity contribution is -0.143. The van der Waals surface area contributed by atoms with E-state index < -0.39 is 109 Å². The molecule has 0 aromatic heterocycles. The monoisotopic (exact) mass is 829 g/mol. The summed E-state index contributed by atoms with van der Waals surface area (Å²) in [4.78, 5) is 105. The molecule has 1 heterocycles. The summed E-state index contributed by atoms with van der Waals surface area (Å²) in [6.07, 6.45) is -1.73. The molecule has 0 aliphatic carbocycles. The number of aromatic hydroxyl groups is 1. The summed E-state index contributed by atoms with van der Waals surface area (Å²) in [6, 6.07) is 4.78. The van der Waals surface area contributed by atoms with Gasteiger partial charge in [0.05, 0.1) is 25.2 Å². The van der Waals surface area contributed by atoms with Gasteiger partial charge in [0.1, 0.15) is 42.0 Å². The number of hydrogen-bond donors (Lipinski definition) is 12. The van der Waals surface area contributed by atoms with Crippen molar-refractivity contribution >= 4 is 59.9 Å². The topological polar surface area (TPSA) is 339 Å².